The smallest absolute Gasteiger partial charge is 0.267 e. The van der Waals surface area contributed by atoms with Gasteiger partial charge in [-0.25, -0.2) is 4.68 Å². The molecular weight excluding hydrogens is 328 g/mol. The Balaban J connectivity index is 1.72. The Hall–Kier alpha value is -2.18. The quantitative estimate of drug-likeness (QED) is 0.879. The highest BCUT2D eigenvalue weighted by atomic mass is 35.5. The van der Waals surface area contributed by atoms with Crippen LogP contribution in [0.25, 0.3) is 11.1 Å². The molecule has 3 rings (SSSR count). The monoisotopic (exact) mass is 346 g/mol. The molecule has 7 heteroatoms. The van der Waals surface area contributed by atoms with Crippen LogP contribution in [-0.4, -0.2) is 27.3 Å². The summed E-state index contributed by atoms with van der Waals surface area (Å²) in [6.07, 6.45) is 1.46. The van der Waals surface area contributed by atoms with E-state index < -0.39 is 0 Å². The molecule has 24 heavy (non-hydrogen) atoms. The molecular formula is C17H19ClN4O2. The molecule has 1 fully saturated rings. The summed E-state index contributed by atoms with van der Waals surface area (Å²) in [6, 6.07) is 10.7. The van der Waals surface area contributed by atoms with Gasteiger partial charge in [-0.05, 0) is 25.3 Å². The highest BCUT2D eigenvalue weighted by Crippen LogP contribution is 2.28. The molecule has 1 heterocycles. The first-order valence-corrected chi connectivity index (χ1v) is 8.13. The van der Waals surface area contributed by atoms with Gasteiger partial charge in [0.25, 0.3) is 5.56 Å². The van der Waals surface area contributed by atoms with E-state index in [0.29, 0.717) is 5.56 Å². The summed E-state index contributed by atoms with van der Waals surface area (Å²) in [5, 5.41) is 7.09. The van der Waals surface area contributed by atoms with Crippen molar-refractivity contribution in [2.24, 2.45) is 5.73 Å². The van der Waals surface area contributed by atoms with Crippen molar-refractivity contribution in [1.82, 2.24) is 15.1 Å². The van der Waals surface area contributed by atoms with Crippen molar-refractivity contribution in [1.29, 1.82) is 0 Å². The summed E-state index contributed by atoms with van der Waals surface area (Å²) in [4.78, 5) is 24.3. The van der Waals surface area contributed by atoms with Crippen LogP contribution in [0.1, 0.15) is 19.8 Å². The van der Waals surface area contributed by atoms with E-state index in [1.54, 1.807) is 0 Å². The lowest BCUT2D eigenvalue weighted by atomic mass is 9.75. The maximum absolute atomic E-state index is 12.2. The molecule has 0 radical (unpaired) electrons. The number of hydrogen-bond acceptors (Lipinski definition) is 4. The van der Waals surface area contributed by atoms with E-state index in [1.807, 2.05) is 37.3 Å². The Kier molecular flexibility index (Phi) is 4.43. The fourth-order valence-electron chi connectivity index (χ4n) is 2.98. The summed E-state index contributed by atoms with van der Waals surface area (Å²) >= 11 is 6.18. The van der Waals surface area contributed by atoms with Gasteiger partial charge in [-0.3, -0.25) is 9.59 Å². The molecule has 1 amide bonds. The van der Waals surface area contributed by atoms with Crippen LogP contribution in [0.4, 0.5) is 0 Å². The number of rotatable bonds is 4. The molecule has 1 aromatic heterocycles. The van der Waals surface area contributed by atoms with Crippen molar-refractivity contribution in [2.45, 2.75) is 37.9 Å². The molecule has 6 nitrogen and oxygen atoms in total. The van der Waals surface area contributed by atoms with Crippen molar-refractivity contribution in [3.63, 3.8) is 0 Å². The topological polar surface area (TPSA) is 90.0 Å². The molecule has 126 valence electrons. The second-order valence-corrected chi connectivity index (χ2v) is 6.90. The van der Waals surface area contributed by atoms with Gasteiger partial charge in [0.15, 0.2) is 5.15 Å². The first kappa shape index (κ1) is 16.7. The molecule has 1 saturated carbocycles. The van der Waals surface area contributed by atoms with Gasteiger partial charge in [-0.1, -0.05) is 41.9 Å². The fraction of sp³-hybridized carbons (Fsp3) is 0.353. The normalized spacial score (nSPS) is 22.7. The average molecular weight is 347 g/mol. The van der Waals surface area contributed by atoms with Gasteiger partial charge in [0, 0.05) is 23.2 Å². The Bertz CT molecular complexity index is 809. The van der Waals surface area contributed by atoms with Crippen LogP contribution < -0.4 is 16.6 Å². The first-order valence-electron chi connectivity index (χ1n) is 7.75. The molecule has 0 spiro atoms. The average Bonchev–Trinajstić information content (AvgIpc) is 2.49. The Labute approximate surface area is 144 Å². The Morgan fingerprint density at radius 2 is 2.08 bits per heavy atom. The van der Waals surface area contributed by atoms with Crippen molar-refractivity contribution >= 4 is 17.5 Å². The van der Waals surface area contributed by atoms with Gasteiger partial charge in [-0.15, -0.1) is 0 Å². The van der Waals surface area contributed by atoms with Crippen molar-refractivity contribution in [3.8, 4) is 11.1 Å². The third-order valence-corrected chi connectivity index (χ3v) is 4.40. The highest BCUT2D eigenvalue weighted by Gasteiger charge is 2.37. The van der Waals surface area contributed by atoms with Gasteiger partial charge in [0.2, 0.25) is 5.91 Å². The third kappa shape index (κ3) is 3.66. The van der Waals surface area contributed by atoms with E-state index in [-0.39, 0.29) is 34.7 Å². The second-order valence-electron chi connectivity index (χ2n) is 6.54. The minimum absolute atomic E-state index is 0.0577. The standard InChI is InChI=1S/C17H19ClN4O2/c1-17(19)8-12(9-17)20-14(23)10-22-15(24)7-13(16(18)21-22)11-5-3-2-4-6-11/h2-7,12H,8-10,19H2,1H3,(H,20,23). The lowest BCUT2D eigenvalue weighted by Crippen LogP contribution is -2.58. The zero-order chi connectivity index (χ0) is 17.3. The minimum atomic E-state index is -0.370. The van der Waals surface area contributed by atoms with E-state index in [0.717, 1.165) is 23.1 Å². The van der Waals surface area contributed by atoms with E-state index in [1.165, 1.54) is 6.07 Å². The van der Waals surface area contributed by atoms with E-state index in [2.05, 4.69) is 10.4 Å². The molecule has 0 unspecified atom stereocenters. The molecule has 1 aromatic carbocycles. The maximum atomic E-state index is 12.2. The summed E-state index contributed by atoms with van der Waals surface area (Å²) in [6.45, 7) is 1.79. The lowest BCUT2D eigenvalue weighted by molar-refractivity contribution is -0.123. The van der Waals surface area contributed by atoms with Crippen LogP contribution in [0.5, 0.6) is 0 Å². The summed E-state index contributed by atoms with van der Waals surface area (Å²) < 4.78 is 1.07. The summed E-state index contributed by atoms with van der Waals surface area (Å²) in [7, 11) is 0. The molecule has 0 aliphatic heterocycles. The van der Waals surface area contributed by atoms with Crippen LogP contribution in [0.15, 0.2) is 41.2 Å². The predicted octanol–water partition coefficient (Wildman–Crippen LogP) is 1.56. The predicted molar refractivity (Wildman–Crippen MR) is 92.7 cm³/mol. The van der Waals surface area contributed by atoms with E-state index in [4.69, 9.17) is 17.3 Å². The van der Waals surface area contributed by atoms with Crippen LogP contribution in [0.3, 0.4) is 0 Å². The maximum Gasteiger partial charge on any atom is 0.267 e. The lowest BCUT2D eigenvalue weighted by Gasteiger charge is -2.42. The van der Waals surface area contributed by atoms with Crippen molar-refractivity contribution in [2.75, 3.05) is 0 Å². The zero-order valence-electron chi connectivity index (χ0n) is 13.3. The van der Waals surface area contributed by atoms with Gasteiger partial charge < -0.3 is 11.1 Å². The number of benzene rings is 1. The number of nitrogens with two attached hydrogens (primary N) is 1. The fourth-order valence-corrected chi connectivity index (χ4v) is 3.23. The summed E-state index contributed by atoms with van der Waals surface area (Å²) in [5.74, 6) is -0.270. The molecule has 2 aromatic rings. The number of nitrogens with zero attached hydrogens (tertiary/aromatic N) is 2. The molecule has 1 aliphatic rings. The van der Waals surface area contributed by atoms with Gasteiger partial charge >= 0.3 is 0 Å². The highest BCUT2D eigenvalue weighted by molar-refractivity contribution is 6.32. The molecule has 0 atom stereocenters. The van der Waals surface area contributed by atoms with Gasteiger partial charge in [0.05, 0.1) is 0 Å². The zero-order valence-corrected chi connectivity index (χ0v) is 14.1. The summed E-state index contributed by atoms with van der Waals surface area (Å²) in [5.41, 5.74) is 6.69. The van der Waals surface area contributed by atoms with Crippen LogP contribution in [0, 0.1) is 0 Å². The first-order chi connectivity index (χ1) is 11.3. The number of carbonyl (C=O) groups is 1. The minimum Gasteiger partial charge on any atom is -0.352 e. The Morgan fingerprint density at radius 3 is 2.71 bits per heavy atom. The number of amides is 1. The molecule has 3 N–H and O–H groups in total. The van der Waals surface area contributed by atoms with Gasteiger partial charge in [-0.2, -0.15) is 5.10 Å². The number of aromatic nitrogens is 2. The van der Waals surface area contributed by atoms with Gasteiger partial charge in [0.1, 0.15) is 6.54 Å². The Morgan fingerprint density at radius 1 is 1.42 bits per heavy atom. The molecule has 1 aliphatic carbocycles. The van der Waals surface area contributed by atoms with Crippen molar-refractivity contribution < 1.29 is 4.79 Å². The number of halogens is 1. The second kappa shape index (κ2) is 6.37. The molecule has 0 bridgehead atoms. The number of hydrogen-bond donors (Lipinski definition) is 2. The van der Waals surface area contributed by atoms with Crippen LogP contribution >= 0.6 is 11.6 Å². The SMILES string of the molecule is CC1(N)CC(NC(=O)Cn2nc(Cl)c(-c3ccccc3)cc2=O)C1. The van der Waals surface area contributed by atoms with E-state index in [9.17, 15) is 9.59 Å². The van der Waals surface area contributed by atoms with Crippen LogP contribution in [-0.2, 0) is 11.3 Å². The number of nitrogens with one attached hydrogen (secondary N) is 1. The van der Waals surface area contributed by atoms with Crippen molar-refractivity contribution in [3.05, 3.63) is 51.9 Å². The van der Waals surface area contributed by atoms with Crippen LogP contribution in [0.2, 0.25) is 5.15 Å². The molecule has 0 saturated heterocycles. The largest absolute Gasteiger partial charge is 0.352 e. The number of carbonyl (C=O) groups excluding carboxylic acids is 1. The third-order valence-electron chi connectivity index (χ3n) is 4.12. The van der Waals surface area contributed by atoms with E-state index >= 15 is 0 Å².